The molecule has 3 aromatic heterocycles. The molecule has 1 unspecified atom stereocenters. The summed E-state index contributed by atoms with van der Waals surface area (Å²) >= 11 is 1.57. The number of fused-ring (bicyclic) bond motifs is 1. The van der Waals surface area contributed by atoms with Crippen LogP contribution in [0.15, 0.2) is 18.0 Å². The van der Waals surface area contributed by atoms with Crippen molar-refractivity contribution in [1.29, 1.82) is 0 Å². The SMILES string of the molecule is COCCNc1nc(C2CN(Cc3cncs3)CCO2)nc2c1ncn2CC(F)(F)F. The standard InChI is InChI=1S/C18H22F3N7O2S/c1-29-4-2-23-16-14-17(28(10-24-14)9-18(19,20)21)26-15(25-16)13-8-27(3-5-30-13)7-12-6-22-11-31-12/h6,10-11,13H,2-5,7-9H2,1H3,(H,23,25,26). The molecule has 1 fully saturated rings. The zero-order valence-corrected chi connectivity index (χ0v) is 17.6. The van der Waals surface area contributed by atoms with Crippen molar-refractivity contribution in [2.75, 3.05) is 45.3 Å². The summed E-state index contributed by atoms with van der Waals surface area (Å²) in [5, 5.41) is 3.08. The average Bonchev–Trinajstić information content (AvgIpc) is 3.37. The Hall–Kier alpha value is -2.35. The van der Waals surface area contributed by atoms with Crippen LogP contribution in [-0.4, -0.2) is 75.5 Å². The number of morpholine rings is 1. The van der Waals surface area contributed by atoms with Gasteiger partial charge in [0.25, 0.3) is 0 Å². The lowest BCUT2D eigenvalue weighted by Crippen LogP contribution is -2.38. The first kappa shape index (κ1) is 21.9. The number of rotatable bonds is 8. The number of hydrogen-bond acceptors (Lipinski definition) is 9. The summed E-state index contributed by atoms with van der Waals surface area (Å²) in [6, 6.07) is 0. The van der Waals surface area contributed by atoms with Crippen molar-refractivity contribution in [3.8, 4) is 0 Å². The van der Waals surface area contributed by atoms with Crippen molar-refractivity contribution in [2.45, 2.75) is 25.4 Å². The van der Waals surface area contributed by atoms with E-state index in [1.165, 1.54) is 0 Å². The van der Waals surface area contributed by atoms with E-state index in [0.29, 0.717) is 37.9 Å². The predicted octanol–water partition coefficient (Wildman–Crippen LogP) is 2.48. The summed E-state index contributed by atoms with van der Waals surface area (Å²) in [4.78, 5) is 20.5. The summed E-state index contributed by atoms with van der Waals surface area (Å²) in [5.74, 6) is 0.687. The van der Waals surface area contributed by atoms with E-state index in [0.717, 1.165) is 28.9 Å². The predicted molar refractivity (Wildman–Crippen MR) is 108 cm³/mol. The molecule has 4 heterocycles. The number of anilines is 1. The minimum absolute atomic E-state index is 0.116. The first-order valence-corrected chi connectivity index (χ1v) is 10.5. The van der Waals surface area contributed by atoms with Crippen molar-refractivity contribution in [1.82, 2.24) is 29.4 Å². The van der Waals surface area contributed by atoms with Gasteiger partial charge in [0.2, 0.25) is 0 Å². The smallest absolute Gasteiger partial charge is 0.383 e. The van der Waals surface area contributed by atoms with Crippen LogP contribution in [0.2, 0.25) is 0 Å². The lowest BCUT2D eigenvalue weighted by Gasteiger charge is -2.31. The van der Waals surface area contributed by atoms with Crippen molar-refractivity contribution in [2.24, 2.45) is 0 Å². The highest BCUT2D eigenvalue weighted by atomic mass is 32.1. The molecule has 1 saturated heterocycles. The lowest BCUT2D eigenvalue weighted by molar-refractivity contribution is -0.140. The summed E-state index contributed by atoms with van der Waals surface area (Å²) in [6.07, 6.45) is -1.90. The Morgan fingerprint density at radius 2 is 2.23 bits per heavy atom. The first-order valence-electron chi connectivity index (χ1n) is 9.66. The molecule has 0 radical (unpaired) electrons. The van der Waals surface area contributed by atoms with Gasteiger partial charge in [-0.15, -0.1) is 11.3 Å². The van der Waals surface area contributed by atoms with Crippen molar-refractivity contribution in [3.63, 3.8) is 0 Å². The second kappa shape index (κ2) is 9.42. The Labute approximate surface area is 180 Å². The van der Waals surface area contributed by atoms with E-state index in [4.69, 9.17) is 9.47 Å². The fourth-order valence-corrected chi connectivity index (χ4v) is 3.99. The van der Waals surface area contributed by atoms with Crippen molar-refractivity contribution >= 4 is 28.3 Å². The van der Waals surface area contributed by atoms with E-state index in [1.807, 2.05) is 6.20 Å². The number of hydrogen-bond donors (Lipinski definition) is 1. The van der Waals surface area contributed by atoms with Crippen LogP contribution >= 0.6 is 11.3 Å². The van der Waals surface area contributed by atoms with Crippen LogP contribution in [-0.2, 0) is 22.6 Å². The largest absolute Gasteiger partial charge is 0.406 e. The van der Waals surface area contributed by atoms with Gasteiger partial charge < -0.3 is 19.4 Å². The summed E-state index contributed by atoms with van der Waals surface area (Å²) in [5.41, 5.74) is 2.18. The van der Waals surface area contributed by atoms with Gasteiger partial charge in [-0.25, -0.2) is 15.0 Å². The van der Waals surface area contributed by atoms with Crippen LogP contribution in [0.1, 0.15) is 16.8 Å². The van der Waals surface area contributed by atoms with Gasteiger partial charge in [0.05, 0.1) is 25.1 Å². The maximum atomic E-state index is 13.0. The van der Waals surface area contributed by atoms with Crippen LogP contribution in [0.5, 0.6) is 0 Å². The molecule has 0 aliphatic carbocycles. The fourth-order valence-electron chi connectivity index (χ4n) is 3.35. The zero-order chi connectivity index (χ0) is 21.8. The minimum Gasteiger partial charge on any atom is -0.383 e. The lowest BCUT2D eigenvalue weighted by atomic mass is 10.2. The molecule has 4 rings (SSSR count). The number of alkyl halides is 3. The Balaban J connectivity index is 1.62. The van der Waals surface area contributed by atoms with E-state index < -0.39 is 18.8 Å². The molecule has 9 nitrogen and oxygen atoms in total. The highest BCUT2D eigenvalue weighted by molar-refractivity contribution is 7.09. The second-order valence-corrected chi connectivity index (χ2v) is 8.04. The van der Waals surface area contributed by atoms with Gasteiger partial charge in [-0.2, -0.15) is 13.2 Å². The third-order valence-electron chi connectivity index (χ3n) is 4.73. The molecule has 1 N–H and O–H groups in total. The van der Waals surface area contributed by atoms with Gasteiger partial charge in [0, 0.05) is 44.4 Å². The first-order chi connectivity index (χ1) is 14.9. The number of imidazole rings is 1. The monoisotopic (exact) mass is 457 g/mol. The molecule has 168 valence electrons. The van der Waals surface area contributed by atoms with Gasteiger partial charge in [-0.05, 0) is 0 Å². The average molecular weight is 457 g/mol. The Kier molecular flexibility index (Phi) is 6.65. The third kappa shape index (κ3) is 5.47. The molecular weight excluding hydrogens is 435 g/mol. The third-order valence-corrected chi connectivity index (χ3v) is 5.50. The molecule has 0 saturated carbocycles. The normalized spacial score (nSPS) is 18.0. The fraction of sp³-hybridized carbons (Fsp3) is 0.556. The molecule has 0 aromatic carbocycles. The summed E-state index contributed by atoms with van der Waals surface area (Å²) in [6.45, 7) is 2.11. The van der Waals surface area contributed by atoms with Gasteiger partial charge >= 0.3 is 6.18 Å². The second-order valence-electron chi connectivity index (χ2n) is 7.07. The molecule has 1 aliphatic rings. The van der Waals surface area contributed by atoms with Gasteiger partial charge in [0.15, 0.2) is 17.3 Å². The van der Waals surface area contributed by atoms with Gasteiger partial charge in [-0.3, -0.25) is 9.88 Å². The van der Waals surface area contributed by atoms with E-state index in [9.17, 15) is 13.2 Å². The van der Waals surface area contributed by atoms with Crippen LogP contribution in [0, 0.1) is 0 Å². The number of nitrogens with zero attached hydrogens (tertiary/aromatic N) is 6. The molecule has 0 spiro atoms. The quantitative estimate of drug-likeness (QED) is 0.516. The number of methoxy groups -OCH3 is 1. The topological polar surface area (TPSA) is 90.2 Å². The van der Waals surface area contributed by atoms with E-state index >= 15 is 0 Å². The highest BCUT2D eigenvalue weighted by Gasteiger charge is 2.31. The van der Waals surface area contributed by atoms with Crippen molar-refractivity contribution < 1.29 is 22.6 Å². The van der Waals surface area contributed by atoms with Crippen LogP contribution in [0.3, 0.4) is 0 Å². The van der Waals surface area contributed by atoms with E-state index in [2.05, 4.69) is 30.2 Å². The summed E-state index contributed by atoms with van der Waals surface area (Å²) in [7, 11) is 1.56. The molecule has 1 aliphatic heterocycles. The molecule has 3 aromatic rings. The molecule has 13 heteroatoms. The maximum absolute atomic E-state index is 13.0. The Morgan fingerprint density at radius 1 is 1.35 bits per heavy atom. The Bertz CT molecular complexity index is 996. The highest BCUT2D eigenvalue weighted by Crippen LogP contribution is 2.28. The minimum atomic E-state index is -4.39. The molecule has 1 atom stereocenters. The number of thiazole rings is 1. The van der Waals surface area contributed by atoms with Crippen molar-refractivity contribution in [3.05, 3.63) is 28.7 Å². The molecular formula is C18H22F3N7O2S. The van der Waals surface area contributed by atoms with Crippen LogP contribution in [0.4, 0.5) is 19.0 Å². The number of ether oxygens (including phenoxy) is 2. The summed E-state index contributed by atoms with van der Waals surface area (Å²) < 4.78 is 51.0. The number of aromatic nitrogens is 5. The van der Waals surface area contributed by atoms with Gasteiger partial charge in [-0.1, -0.05) is 0 Å². The van der Waals surface area contributed by atoms with Crippen LogP contribution < -0.4 is 5.32 Å². The maximum Gasteiger partial charge on any atom is 0.406 e. The Morgan fingerprint density at radius 3 is 2.97 bits per heavy atom. The number of halogens is 3. The van der Waals surface area contributed by atoms with E-state index in [-0.39, 0.29) is 11.2 Å². The molecule has 31 heavy (non-hydrogen) atoms. The van der Waals surface area contributed by atoms with E-state index in [1.54, 1.807) is 24.0 Å². The molecule has 0 amide bonds. The molecule has 0 bridgehead atoms. The number of nitrogens with one attached hydrogen (secondary N) is 1. The van der Waals surface area contributed by atoms with Crippen LogP contribution in [0.25, 0.3) is 11.2 Å². The van der Waals surface area contributed by atoms with Gasteiger partial charge in [0.1, 0.15) is 18.2 Å². The zero-order valence-electron chi connectivity index (χ0n) is 16.8.